The molecule has 0 spiro atoms. The Hall–Kier alpha value is -7.56. The molecule has 5 heteroatoms. The van der Waals surface area contributed by atoms with E-state index in [1.165, 1.54) is 0 Å². The second-order valence-electron chi connectivity index (χ2n) is 18.9. The Bertz CT molecular complexity index is 4270. The molecule has 0 N–H and O–H groups in total. The van der Waals surface area contributed by atoms with Crippen molar-refractivity contribution in [3.63, 3.8) is 0 Å². The van der Waals surface area contributed by atoms with E-state index < -0.39 is 12.1 Å². The molecule has 0 saturated carbocycles. The van der Waals surface area contributed by atoms with Gasteiger partial charge in [-0.05, 0) is 95.8 Å². The third-order valence-electron chi connectivity index (χ3n) is 13.9. The van der Waals surface area contributed by atoms with Crippen molar-refractivity contribution in [3.8, 4) is 39.1 Å². The molecule has 1 aromatic heterocycles. The van der Waals surface area contributed by atoms with Gasteiger partial charge in [0, 0.05) is 49.5 Å². The largest absolute Gasteiger partial charge is 0.310 e. The molecule has 13 rings (SSSR count). The lowest BCUT2D eigenvalue weighted by molar-refractivity contribution is 0.590. The highest BCUT2D eigenvalue weighted by Crippen LogP contribution is 2.50. The van der Waals surface area contributed by atoms with Crippen LogP contribution in [0.25, 0.3) is 82.4 Å². The van der Waals surface area contributed by atoms with Crippen LogP contribution in [-0.2, 0) is 5.41 Å². The fourth-order valence-corrected chi connectivity index (χ4v) is 11.3. The number of anilines is 3. The summed E-state index contributed by atoms with van der Waals surface area (Å²) in [6, 6.07) is 60.4. The summed E-state index contributed by atoms with van der Waals surface area (Å²) in [5.74, 6) is 0. The third-order valence-corrected chi connectivity index (χ3v) is 14.4. The van der Waals surface area contributed by atoms with Crippen LogP contribution in [0, 0.1) is 0 Å². The molecule has 328 valence electrons. The first-order valence-electron chi connectivity index (χ1n) is 26.3. The first-order chi connectivity index (χ1) is 36.3. The standard InChI is InChI=1S/C64H45BCl2N2/c1-64(2,3)43-37-57-60-58(38-43)69-62-47(42-23-11-6-12-24-42)31-18-32-52(62)50-27-14-13-25-48(50)49-26-15-16-28-51(49)59-55(67)36-35-54(63(59)69)65(60)53-34-33-44(66)39-56(53)68(57)61-45(40-19-7-4-8-20-40)29-17-30-46(61)41-21-9-5-10-22-41/h4-39H,1-3H3/i33D,34D,35D,36D,37D,38D. The normalized spacial score (nSPS) is 13.9. The Labute approximate surface area is 421 Å². The molecule has 0 radical (unpaired) electrons. The van der Waals surface area contributed by atoms with E-state index in [1.54, 1.807) is 6.07 Å². The Morgan fingerprint density at radius 1 is 0.464 bits per heavy atom. The van der Waals surface area contributed by atoms with Gasteiger partial charge in [-0.1, -0.05) is 232 Å². The first kappa shape index (κ1) is 35.6. The lowest BCUT2D eigenvalue weighted by Crippen LogP contribution is -2.60. The maximum absolute atomic E-state index is 10.9. The van der Waals surface area contributed by atoms with E-state index >= 15 is 0 Å². The zero-order chi connectivity index (χ0) is 51.8. The minimum Gasteiger partial charge on any atom is -0.310 e. The van der Waals surface area contributed by atoms with Gasteiger partial charge < -0.3 is 9.47 Å². The van der Waals surface area contributed by atoms with Gasteiger partial charge in [0.15, 0.2) is 0 Å². The molecule has 3 heterocycles. The summed E-state index contributed by atoms with van der Waals surface area (Å²) in [5.41, 5.74) is 9.49. The van der Waals surface area contributed by atoms with E-state index in [-0.39, 0.29) is 46.3 Å². The molecule has 2 aliphatic rings. The fourth-order valence-electron chi connectivity index (χ4n) is 10.9. The molecule has 0 atom stereocenters. The van der Waals surface area contributed by atoms with Gasteiger partial charge in [0.05, 0.1) is 30.0 Å². The van der Waals surface area contributed by atoms with E-state index in [0.717, 1.165) is 65.8 Å². The monoisotopic (exact) mass is 928 g/mol. The Kier molecular flexibility index (Phi) is 8.26. The highest BCUT2D eigenvalue weighted by atomic mass is 35.5. The molecule has 2 aliphatic heterocycles. The van der Waals surface area contributed by atoms with E-state index in [1.807, 2.05) is 112 Å². The molecular formula is C64H45BCl2N2. The van der Waals surface area contributed by atoms with E-state index in [9.17, 15) is 8.22 Å². The lowest BCUT2D eigenvalue weighted by Gasteiger charge is -2.43. The van der Waals surface area contributed by atoms with Gasteiger partial charge in [0.25, 0.3) is 6.71 Å². The summed E-state index contributed by atoms with van der Waals surface area (Å²) in [6.07, 6.45) is 0. The summed E-state index contributed by atoms with van der Waals surface area (Å²) in [7, 11) is 0. The van der Waals surface area contributed by atoms with Crippen molar-refractivity contribution in [1.29, 1.82) is 0 Å². The average Bonchev–Trinajstić information content (AvgIpc) is 3.52. The summed E-state index contributed by atoms with van der Waals surface area (Å²) in [6.45, 7) is 5.05. The van der Waals surface area contributed by atoms with Gasteiger partial charge in [-0.3, -0.25) is 0 Å². The summed E-state index contributed by atoms with van der Waals surface area (Å²) < 4.78 is 64.0. The SMILES string of the molecule is [2H]c1c(Cl)cc2c(c1[2H])B1c3c(c([2H])c(C(C)(C)C)c([2H])c3-n3c4c(-c5ccccc5)cccc4c4ccccc4c4ccccc4c4c(Cl)c([2H])c([2H])c1c43)N2c1c(-c2ccccc2)cccc1-c1ccccc1. The molecule has 11 aromatic rings. The van der Waals surface area contributed by atoms with Crippen LogP contribution in [0.15, 0.2) is 218 Å². The number of halogens is 2. The molecule has 0 aliphatic carbocycles. The second kappa shape index (κ2) is 16.0. The van der Waals surface area contributed by atoms with E-state index in [0.29, 0.717) is 55.6 Å². The van der Waals surface area contributed by atoms with Crippen molar-refractivity contribution < 1.29 is 8.22 Å². The number of aromatic nitrogens is 1. The van der Waals surface area contributed by atoms with Gasteiger partial charge in [-0.2, -0.15) is 0 Å². The first-order valence-corrected chi connectivity index (χ1v) is 24.0. The molecular weight excluding hydrogens is 878 g/mol. The fraction of sp³-hybridized carbons (Fsp3) is 0.0625. The lowest BCUT2D eigenvalue weighted by atomic mass is 9.33. The van der Waals surface area contributed by atoms with Crippen LogP contribution in [0.2, 0.25) is 10.0 Å². The van der Waals surface area contributed by atoms with Crippen molar-refractivity contribution in [2.24, 2.45) is 0 Å². The van der Waals surface area contributed by atoms with Crippen molar-refractivity contribution in [1.82, 2.24) is 4.57 Å². The van der Waals surface area contributed by atoms with Gasteiger partial charge in [0.2, 0.25) is 0 Å². The summed E-state index contributed by atoms with van der Waals surface area (Å²) in [4.78, 5) is 2.06. The number of hydrogen-bond donors (Lipinski definition) is 0. The predicted octanol–water partition coefficient (Wildman–Crippen LogP) is 16.4. The van der Waals surface area contributed by atoms with Crippen molar-refractivity contribution >= 4 is 107 Å². The average molecular weight is 930 g/mol. The molecule has 0 saturated heterocycles. The van der Waals surface area contributed by atoms with Gasteiger partial charge in [-0.25, -0.2) is 0 Å². The molecule has 0 bridgehead atoms. The maximum Gasteiger partial charge on any atom is 0.252 e. The summed E-state index contributed by atoms with van der Waals surface area (Å²) >= 11 is 14.9. The minimum absolute atomic E-state index is 0.0475. The Morgan fingerprint density at radius 2 is 0.957 bits per heavy atom. The Balaban J connectivity index is 1.40. The maximum atomic E-state index is 10.9. The van der Waals surface area contributed by atoms with Gasteiger partial charge in [-0.15, -0.1) is 0 Å². The zero-order valence-corrected chi connectivity index (χ0v) is 39.6. The highest BCUT2D eigenvalue weighted by Gasteiger charge is 2.43. The van der Waals surface area contributed by atoms with Crippen molar-refractivity contribution in [2.45, 2.75) is 26.2 Å². The van der Waals surface area contributed by atoms with Crippen LogP contribution in [0.3, 0.4) is 0 Å². The van der Waals surface area contributed by atoms with Crippen LogP contribution in [0.1, 0.15) is 34.6 Å². The highest BCUT2D eigenvalue weighted by molar-refractivity contribution is 7.00. The second-order valence-corrected chi connectivity index (χ2v) is 19.7. The quantitative estimate of drug-likeness (QED) is 0.160. The van der Waals surface area contributed by atoms with Crippen LogP contribution in [0.5, 0.6) is 0 Å². The summed E-state index contributed by atoms with van der Waals surface area (Å²) in [5, 5.41) is 4.93. The molecule has 10 aromatic carbocycles. The minimum atomic E-state index is -1.07. The molecule has 2 nitrogen and oxygen atoms in total. The molecule has 69 heavy (non-hydrogen) atoms. The third kappa shape index (κ3) is 6.48. The number of nitrogens with zero attached hydrogens (tertiary/aromatic N) is 2. The molecule has 0 amide bonds. The zero-order valence-electron chi connectivity index (χ0n) is 44.0. The smallest absolute Gasteiger partial charge is 0.252 e. The topological polar surface area (TPSA) is 8.17 Å². The van der Waals surface area contributed by atoms with Crippen molar-refractivity contribution in [2.75, 3.05) is 4.90 Å². The van der Waals surface area contributed by atoms with Crippen LogP contribution in [0.4, 0.5) is 17.1 Å². The van der Waals surface area contributed by atoms with Crippen LogP contribution < -0.4 is 21.3 Å². The number of hydrogen-bond acceptors (Lipinski definition) is 1. The van der Waals surface area contributed by atoms with E-state index in [2.05, 4.69) is 94.4 Å². The van der Waals surface area contributed by atoms with Gasteiger partial charge >= 0.3 is 0 Å². The number of para-hydroxylation sites is 2. The number of fused-ring (bicyclic) bond motifs is 11. The van der Waals surface area contributed by atoms with Gasteiger partial charge in [0.1, 0.15) is 0 Å². The molecule has 0 fully saturated rings. The predicted molar refractivity (Wildman–Crippen MR) is 298 cm³/mol. The van der Waals surface area contributed by atoms with Crippen molar-refractivity contribution in [3.05, 3.63) is 234 Å². The molecule has 0 unspecified atom stereocenters. The number of rotatable bonds is 4. The number of benzene rings is 10. The van der Waals surface area contributed by atoms with Crippen LogP contribution in [-0.4, -0.2) is 11.3 Å². The van der Waals surface area contributed by atoms with E-state index in [4.69, 9.17) is 23.2 Å². The Morgan fingerprint density at radius 3 is 1.58 bits per heavy atom. The van der Waals surface area contributed by atoms with Crippen LogP contribution >= 0.6 is 23.2 Å².